The van der Waals surface area contributed by atoms with E-state index in [0.717, 1.165) is 56.4 Å². The maximum atomic E-state index is 5.06. The zero-order chi connectivity index (χ0) is 14.9. The summed E-state index contributed by atoms with van der Waals surface area (Å²) < 4.78 is 5.06. The Morgan fingerprint density at radius 1 is 1.10 bits per heavy atom. The van der Waals surface area contributed by atoms with Gasteiger partial charge in [-0.25, -0.2) is 9.97 Å². The van der Waals surface area contributed by atoms with Crippen molar-refractivity contribution in [2.24, 2.45) is 0 Å². The fourth-order valence-corrected chi connectivity index (χ4v) is 2.19. The van der Waals surface area contributed by atoms with Gasteiger partial charge in [0.15, 0.2) is 0 Å². The van der Waals surface area contributed by atoms with Crippen molar-refractivity contribution in [2.45, 2.75) is 51.4 Å². The monoisotopic (exact) mass is 292 g/mol. The van der Waals surface area contributed by atoms with E-state index in [9.17, 15) is 0 Å². The van der Waals surface area contributed by atoms with E-state index in [4.69, 9.17) is 4.74 Å². The molecule has 0 bridgehead atoms. The lowest BCUT2D eigenvalue weighted by molar-refractivity contribution is 0.192. The molecule has 21 heavy (non-hydrogen) atoms. The molecule has 1 aliphatic carbocycles. The third-order valence-corrected chi connectivity index (χ3v) is 3.57. The van der Waals surface area contributed by atoms with E-state index in [1.54, 1.807) is 7.11 Å². The molecule has 1 fully saturated rings. The van der Waals surface area contributed by atoms with E-state index in [-0.39, 0.29) is 0 Å². The number of rotatable bonds is 11. The summed E-state index contributed by atoms with van der Waals surface area (Å²) in [6.07, 6.45) is 7.01. The first kappa shape index (κ1) is 16.0. The van der Waals surface area contributed by atoms with Crippen LogP contribution in [-0.2, 0) is 4.74 Å². The fourth-order valence-electron chi connectivity index (χ4n) is 2.19. The zero-order valence-corrected chi connectivity index (χ0v) is 13.3. The summed E-state index contributed by atoms with van der Waals surface area (Å²) in [5.41, 5.74) is 0. The molecule has 5 nitrogen and oxygen atoms in total. The van der Waals surface area contributed by atoms with Crippen LogP contribution in [0.25, 0.3) is 0 Å². The van der Waals surface area contributed by atoms with Crippen LogP contribution in [0.5, 0.6) is 0 Å². The van der Waals surface area contributed by atoms with Gasteiger partial charge >= 0.3 is 0 Å². The number of unbranched alkanes of at least 4 members (excludes halogenated alkanes) is 2. The molecule has 0 amide bonds. The first-order valence-corrected chi connectivity index (χ1v) is 8.19. The van der Waals surface area contributed by atoms with Crippen molar-refractivity contribution in [3.05, 3.63) is 11.9 Å². The van der Waals surface area contributed by atoms with Gasteiger partial charge in [0.25, 0.3) is 0 Å². The van der Waals surface area contributed by atoms with Crippen LogP contribution >= 0.6 is 0 Å². The first-order chi connectivity index (χ1) is 10.3. The Morgan fingerprint density at radius 3 is 2.43 bits per heavy atom. The van der Waals surface area contributed by atoms with Crippen LogP contribution < -0.4 is 10.6 Å². The Hall–Kier alpha value is -1.36. The molecule has 2 N–H and O–H groups in total. The average molecular weight is 292 g/mol. The Labute approximate surface area is 127 Å². The van der Waals surface area contributed by atoms with Crippen LogP contribution in [0.4, 0.5) is 11.6 Å². The molecular weight excluding hydrogens is 264 g/mol. The van der Waals surface area contributed by atoms with Crippen LogP contribution in [0.1, 0.15) is 57.2 Å². The average Bonchev–Trinajstić information content (AvgIpc) is 3.33. The summed E-state index contributed by atoms with van der Waals surface area (Å²) >= 11 is 0. The minimum absolute atomic E-state index is 0.579. The maximum absolute atomic E-state index is 5.06. The van der Waals surface area contributed by atoms with E-state index < -0.39 is 0 Å². The summed E-state index contributed by atoms with van der Waals surface area (Å²) in [6, 6.07) is 2.02. The Morgan fingerprint density at radius 2 is 1.81 bits per heavy atom. The fraction of sp³-hybridized carbons (Fsp3) is 0.750. The standard InChI is InChI=1S/C16H28N4O/c1-3-9-17-14-12-15(18-10-5-4-6-11-21-2)20-16(19-14)13-7-8-13/h12-13H,3-11H2,1-2H3,(H2,17,18,19,20). The zero-order valence-electron chi connectivity index (χ0n) is 13.3. The molecule has 1 aromatic heterocycles. The van der Waals surface area contributed by atoms with E-state index >= 15 is 0 Å². The van der Waals surface area contributed by atoms with Crippen molar-refractivity contribution >= 4 is 11.6 Å². The molecule has 2 rings (SSSR count). The number of methoxy groups -OCH3 is 1. The normalized spacial score (nSPS) is 14.2. The molecule has 0 unspecified atom stereocenters. The molecule has 1 saturated carbocycles. The van der Waals surface area contributed by atoms with Gasteiger partial charge in [-0.2, -0.15) is 0 Å². The highest BCUT2D eigenvalue weighted by Crippen LogP contribution is 2.38. The van der Waals surface area contributed by atoms with Crippen molar-refractivity contribution in [1.82, 2.24) is 9.97 Å². The summed E-state index contributed by atoms with van der Waals surface area (Å²) in [5, 5.41) is 6.80. The predicted octanol–water partition coefficient (Wildman–Crippen LogP) is 3.40. The second-order valence-electron chi connectivity index (χ2n) is 5.68. The minimum atomic E-state index is 0.579. The lowest BCUT2D eigenvalue weighted by Gasteiger charge is -2.11. The summed E-state index contributed by atoms with van der Waals surface area (Å²) in [4.78, 5) is 9.27. The third kappa shape index (κ3) is 5.87. The number of anilines is 2. The molecule has 5 heteroatoms. The van der Waals surface area contributed by atoms with Gasteiger partial charge in [0, 0.05) is 38.8 Å². The molecule has 0 radical (unpaired) electrons. The topological polar surface area (TPSA) is 59.1 Å². The van der Waals surface area contributed by atoms with Crippen LogP contribution in [0.15, 0.2) is 6.07 Å². The summed E-state index contributed by atoms with van der Waals surface area (Å²) in [5.74, 6) is 3.49. The first-order valence-electron chi connectivity index (χ1n) is 8.19. The van der Waals surface area contributed by atoms with E-state index in [2.05, 4.69) is 27.5 Å². The molecule has 1 aliphatic rings. The number of ether oxygens (including phenoxy) is 1. The molecule has 118 valence electrons. The molecule has 0 saturated heterocycles. The van der Waals surface area contributed by atoms with Crippen LogP contribution in [-0.4, -0.2) is 36.8 Å². The van der Waals surface area contributed by atoms with E-state index in [0.29, 0.717) is 5.92 Å². The Bertz CT molecular complexity index is 421. The van der Waals surface area contributed by atoms with Crippen LogP contribution in [0, 0.1) is 0 Å². The molecule has 1 aromatic rings. The van der Waals surface area contributed by atoms with Gasteiger partial charge in [-0.1, -0.05) is 6.92 Å². The Kier molecular flexibility index (Phi) is 6.73. The van der Waals surface area contributed by atoms with Gasteiger partial charge < -0.3 is 15.4 Å². The number of nitrogens with zero attached hydrogens (tertiary/aromatic N) is 2. The molecular formula is C16H28N4O. The third-order valence-electron chi connectivity index (χ3n) is 3.57. The highest BCUT2D eigenvalue weighted by molar-refractivity contribution is 5.48. The van der Waals surface area contributed by atoms with E-state index in [1.165, 1.54) is 19.3 Å². The largest absolute Gasteiger partial charge is 0.385 e. The Balaban J connectivity index is 1.83. The highest BCUT2D eigenvalue weighted by atomic mass is 16.5. The SMILES string of the molecule is CCCNc1cc(NCCCCCOC)nc(C2CC2)n1. The molecule has 0 atom stereocenters. The molecule has 0 aromatic carbocycles. The van der Waals surface area contributed by atoms with Crippen molar-refractivity contribution < 1.29 is 4.74 Å². The number of hydrogen-bond acceptors (Lipinski definition) is 5. The van der Waals surface area contributed by atoms with Crippen molar-refractivity contribution in [3.63, 3.8) is 0 Å². The minimum Gasteiger partial charge on any atom is -0.385 e. The van der Waals surface area contributed by atoms with Crippen LogP contribution in [0.3, 0.4) is 0 Å². The lowest BCUT2D eigenvalue weighted by Crippen LogP contribution is -2.09. The van der Waals surface area contributed by atoms with Gasteiger partial charge in [0.05, 0.1) is 0 Å². The second-order valence-corrected chi connectivity index (χ2v) is 5.68. The van der Waals surface area contributed by atoms with Crippen LogP contribution in [0.2, 0.25) is 0 Å². The quantitative estimate of drug-likeness (QED) is 0.612. The smallest absolute Gasteiger partial charge is 0.136 e. The predicted molar refractivity (Wildman–Crippen MR) is 87.0 cm³/mol. The molecule has 0 aliphatic heterocycles. The second kappa shape index (κ2) is 8.82. The van der Waals surface area contributed by atoms with Gasteiger partial charge in [-0.3, -0.25) is 0 Å². The maximum Gasteiger partial charge on any atom is 0.136 e. The van der Waals surface area contributed by atoms with Crippen molar-refractivity contribution in [3.8, 4) is 0 Å². The number of hydrogen-bond donors (Lipinski definition) is 2. The van der Waals surface area contributed by atoms with Crippen molar-refractivity contribution in [1.29, 1.82) is 0 Å². The number of nitrogens with one attached hydrogen (secondary N) is 2. The molecule has 0 spiro atoms. The number of aromatic nitrogens is 2. The summed E-state index contributed by atoms with van der Waals surface area (Å²) in [6.45, 7) is 4.93. The molecule has 1 heterocycles. The van der Waals surface area contributed by atoms with Gasteiger partial charge in [0.1, 0.15) is 17.5 Å². The summed E-state index contributed by atoms with van der Waals surface area (Å²) in [7, 11) is 1.75. The lowest BCUT2D eigenvalue weighted by atomic mass is 10.2. The highest BCUT2D eigenvalue weighted by Gasteiger charge is 2.27. The van der Waals surface area contributed by atoms with Crippen molar-refractivity contribution in [2.75, 3.05) is 37.4 Å². The van der Waals surface area contributed by atoms with Gasteiger partial charge in [-0.05, 0) is 38.5 Å². The van der Waals surface area contributed by atoms with E-state index in [1.807, 2.05) is 6.07 Å². The van der Waals surface area contributed by atoms with Gasteiger partial charge in [0.2, 0.25) is 0 Å². The van der Waals surface area contributed by atoms with Gasteiger partial charge in [-0.15, -0.1) is 0 Å².